The molecule has 4 heteroatoms. The topological polar surface area (TPSA) is 48.1 Å². The molecular weight excluding hydrogens is 231 g/mol. The van der Waals surface area contributed by atoms with Crippen molar-refractivity contribution in [3.05, 3.63) is 53.5 Å². The number of halogens is 1. The van der Waals surface area contributed by atoms with Crippen LogP contribution in [-0.4, -0.2) is 4.98 Å². The summed E-state index contributed by atoms with van der Waals surface area (Å²) in [7, 11) is 0. The zero-order chi connectivity index (χ0) is 13.1. The minimum atomic E-state index is -0.365. The number of benzene rings is 1. The summed E-state index contributed by atoms with van der Waals surface area (Å²) in [6, 6.07) is 8.42. The van der Waals surface area contributed by atoms with Gasteiger partial charge in [0.25, 0.3) is 0 Å². The van der Waals surface area contributed by atoms with E-state index in [2.05, 4.69) is 4.98 Å². The Bertz CT molecular complexity index is 538. The summed E-state index contributed by atoms with van der Waals surface area (Å²) in [5.41, 5.74) is 7.17. The second-order valence-corrected chi connectivity index (χ2v) is 4.21. The predicted molar refractivity (Wildman–Crippen MR) is 68.1 cm³/mol. The highest BCUT2D eigenvalue weighted by Crippen LogP contribution is 2.25. The average Bonchev–Trinajstić information content (AvgIpc) is 2.36. The summed E-state index contributed by atoms with van der Waals surface area (Å²) in [4.78, 5) is 4.10. The molecule has 0 fully saturated rings. The number of pyridine rings is 1. The molecule has 0 bridgehead atoms. The molecule has 0 saturated heterocycles. The van der Waals surface area contributed by atoms with Gasteiger partial charge in [0.05, 0.1) is 0 Å². The third-order valence-electron chi connectivity index (χ3n) is 2.66. The molecule has 0 aliphatic heterocycles. The van der Waals surface area contributed by atoms with Gasteiger partial charge in [-0.2, -0.15) is 0 Å². The lowest BCUT2D eigenvalue weighted by molar-refractivity contribution is 0.425. The molecule has 2 rings (SSSR count). The van der Waals surface area contributed by atoms with E-state index < -0.39 is 0 Å². The van der Waals surface area contributed by atoms with Crippen LogP contribution in [-0.2, 0) is 0 Å². The Hall–Kier alpha value is -1.94. The molecule has 0 aliphatic carbocycles. The van der Waals surface area contributed by atoms with Crippen molar-refractivity contribution in [1.29, 1.82) is 0 Å². The molecular formula is C14H15FN2O. The lowest BCUT2D eigenvalue weighted by atomic mass is 10.2. The molecule has 1 atom stereocenters. The van der Waals surface area contributed by atoms with Crippen molar-refractivity contribution in [2.45, 2.75) is 19.9 Å². The normalized spacial score (nSPS) is 12.2. The number of aryl methyl sites for hydroxylation is 1. The fourth-order valence-corrected chi connectivity index (χ4v) is 1.53. The van der Waals surface area contributed by atoms with Gasteiger partial charge in [0.2, 0.25) is 5.88 Å². The maximum Gasteiger partial charge on any atom is 0.219 e. The zero-order valence-electron chi connectivity index (χ0n) is 10.4. The van der Waals surface area contributed by atoms with E-state index in [9.17, 15) is 4.39 Å². The highest BCUT2D eigenvalue weighted by molar-refractivity contribution is 5.33. The van der Waals surface area contributed by atoms with E-state index in [0.29, 0.717) is 11.4 Å². The van der Waals surface area contributed by atoms with Gasteiger partial charge < -0.3 is 10.5 Å². The van der Waals surface area contributed by atoms with Gasteiger partial charge in [-0.25, -0.2) is 9.37 Å². The van der Waals surface area contributed by atoms with Crippen LogP contribution in [0, 0.1) is 12.7 Å². The van der Waals surface area contributed by atoms with Crippen LogP contribution in [0.5, 0.6) is 11.6 Å². The maximum atomic E-state index is 13.7. The molecule has 0 aliphatic rings. The van der Waals surface area contributed by atoms with Crippen LogP contribution in [0.4, 0.5) is 4.39 Å². The van der Waals surface area contributed by atoms with Gasteiger partial charge >= 0.3 is 0 Å². The molecule has 0 saturated carbocycles. The Labute approximate surface area is 105 Å². The SMILES string of the molecule is Cc1cccc(Oc2ccc([C@H](C)N)cn2)c1F. The molecule has 1 aromatic heterocycles. The molecule has 94 valence electrons. The highest BCUT2D eigenvalue weighted by atomic mass is 19.1. The second-order valence-electron chi connectivity index (χ2n) is 4.21. The van der Waals surface area contributed by atoms with Crippen molar-refractivity contribution in [3.8, 4) is 11.6 Å². The van der Waals surface area contributed by atoms with Crippen LogP contribution in [0.1, 0.15) is 24.1 Å². The number of aromatic nitrogens is 1. The van der Waals surface area contributed by atoms with Gasteiger partial charge in [0.15, 0.2) is 11.6 Å². The first-order chi connectivity index (χ1) is 8.58. The average molecular weight is 246 g/mol. The van der Waals surface area contributed by atoms with E-state index in [1.807, 2.05) is 13.0 Å². The Balaban J connectivity index is 2.21. The van der Waals surface area contributed by atoms with Crippen molar-refractivity contribution < 1.29 is 9.13 Å². The maximum absolute atomic E-state index is 13.7. The van der Waals surface area contributed by atoms with Crippen molar-refractivity contribution in [2.75, 3.05) is 0 Å². The fourth-order valence-electron chi connectivity index (χ4n) is 1.53. The van der Waals surface area contributed by atoms with Gasteiger partial charge in [0, 0.05) is 18.3 Å². The standard InChI is InChI=1S/C14H15FN2O/c1-9-4-3-5-12(14(9)15)18-13-7-6-11(8-17-13)10(2)16/h3-8,10H,16H2,1-2H3/t10-/m0/s1. The number of ether oxygens (including phenoxy) is 1. The molecule has 1 heterocycles. The van der Waals surface area contributed by atoms with Crippen molar-refractivity contribution in [2.24, 2.45) is 5.73 Å². The molecule has 1 aromatic carbocycles. The summed E-state index contributed by atoms with van der Waals surface area (Å²) >= 11 is 0. The Morgan fingerprint density at radius 3 is 2.67 bits per heavy atom. The van der Waals surface area contributed by atoms with E-state index in [-0.39, 0.29) is 17.6 Å². The van der Waals surface area contributed by atoms with Crippen LogP contribution in [0.25, 0.3) is 0 Å². The molecule has 18 heavy (non-hydrogen) atoms. The molecule has 2 aromatic rings. The van der Waals surface area contributed by atoms with E-state index in [1.165, 1.54) is 0 Å². The van der Waals surface area contributed by atoms with Gasteiger partial charge in [-0.15, -0.1) is 0 Å². The van der Waals surface area contributed by atoms with E-state index >= 15 is 0 Å². The summed E-state index contributed by atoms with van der Waals surface area (Å²) in [5, 5.41) is 0. The number of hydrogen-bond donors (Lipinski definition) is 1. The molecule has 3 nitrogen and oxygen atoms in total. The van der Waals surface area contributed by atoms with Crippen LogP contribution in [0.2, 0.25) is 0 Å². The Morgan fingerprint density at radius 2 is 2.06 bits per heavy atom. The number of rotatable bonds is 3. The van der Waals surface area contributed by atoms with E-state index in [4.69, 9.17) is 10.5 Å². The first-order valence-electron chi connectivity index (χ1n) is 5.72. The highest BCUT2D eigenvalue weighted by Gasteiger charge is 2.08. The fraction of sp³-hybridized carbons (Fsp3) is 0.214. The molecule has 0 spiro atoms. The van der Waals surface area contributed by atoms with Crippen LogP contribution in [0.15, 0.2) is 36.5 Å². The van der Waals surface area contributed by atoms with Crippen LogP contribution >= 0.6 is 0 Å². The van der Waals surface area contributed by atoms with Gasteiger partial charge in [-0.3, -0.25) is 0 Å². The largest absolute Gasteiger partial charge is 0.436 e. The summed E-state index contributed by atoms with van der Waals surface area (Å²) in [5.74, 6) is 0.163. The molecule has 0 radical (unpaired) electrons. The summed E-state index contributed by atoms with van der Waals surface area (Å²) in [6.45, 7) is 3.56. The third-order valence-corrected chi connectivity index (χ3v) is 2.66. The van der Waals surface area contributed by atoms with Crippen molar-refractivity contribution in [3.63, 3.8) is 0 Å². The predicted octanol–water partition coefficient (Wildman–Crippen LogP) is 3.34. The minimum Gasteiger partial charge on any atom is -0.436 e. The number of nitrogens with zero attached hydrogens (tertiary/aromatic N) is 1. The minimum absolute atomic E-state index is 0.0812. The van der Waals surface area contributed by atoms with Crippen LogP contribution in [0.3, 0.4) is 0 Å². The third kappa shape index (κ3) is 2.65. The van der Waals surface area contributed by atoms with Gasteiger partial charge in [0.1, 0.15) is 0 Å². The zero-order valence-corrected chi connectivity index (χ0v) is 10.4. The first kappa shape index (κ1) is 12.5. The Morgan fingerprint density at radius 1 is 1.28 bits per heavy atom. The monoisotopic (exact) mass is 246 g/mol. The number of hydrogen-bond acceptors (Lipinski definition) is 3. The smallest absolute Gasteiger partial charge is 0.219 e. The summed E-state index contributed by atoms with van der Waals surface area (Å²) < 4.78 is 19.1. The van der Waals surface area contributed by atoms with Gasteiger partial charge in [-0.1, -0.05) is 18.2 Å². The second kappa shape index (κ2) is 5.14. The van der Waals surface area contributed by atoms with Crippen molar-refractivity contribution in [1.82, 2.24) is 4.98 Å². The quantitative estimate of drug-likeness (QED) is 0.903. The summed E-state index contributed by atoms with van der Waals surface area (Å²) in [6.07, 6.45) is 1.63. The van der Waals surface area contributed by atoms with E-state index in [1.54, 1.807) is 37.4 Å². The van der Waals surface area contributed by atoms with Gasteiger partial charge in [-0.05, 0) is 31.0 Å². The van der Waals surface area contributed by atoms with Crippen molar-refractivity contribution >= 4 is 0 Å². The first-order valence-corrected chi connectivity index (χ1v) is 5.72. The number of nitrogens with two attached hydrogens (primary N) is 1. The lowest BCUT2D eigenvalue weighted by Crippen LogP contribution is -2.05. The Kier molecular flexibility index (Phi) is 3.58. The van der Waals surface area contributed by atoms with Crippen LogP contribution < -0.4 is 10.5 Å². The molecule has 2 N–H and O–H groups in total. The van der Waals surface area contributed by atoms with E-state index in [0.717, 1.165) is 5.56 Å². The molecule has 0 amide bonds. The molecule has 0 unspecified atom stereocenters. The lowest BCUT2D eigenvalue weighted by Gasteiger charge is -2.09.